The van der Waals surface area contributed by atoms with E-state index in [0.717, 1.165) is 36.5 Å². The number of hydrogen-bond acceptors (Lipinski definition) is 7. The molecular weight excluding hydrogens is 562 g/mol. The molecule has 1 aliphatic carbocycles. The standard InChI is InChI=1S/C36H45N7O2/c1-6-27(40(5)28-14-10-15-28)24-45-36-38-31-23-41(32-16-9-13-26-12-8-11-25(3)34(26)32)18-17-30(31)35(39-36)42-19-20-43(33(44)7-2)29(22-42)21-37-4/h7-9,11-13,16,27-29H,2,6,10,14-15,17-24H2,1,3,5H3/t27-,29+/m1/s1. The minimum absolute atomic E-state index is 0.126. The van der Waals surface area contributed by atoms with Crippen LogP contribution < -0.4 is 14.5 Å². The van der Waals surface area contributed by atoms with Crippen LogP contribution in [0.5, 0.6) is 6.01 Å². The second-order valence-corrected chi connectivity index (χ2v) is 12.7. The first-order chi connectivity index (χ1) is 21.9. The Balaban J connectivity index is 1.33. The van der Waals surface area contributed by atoms with Gasteiger partial charge in [0.05, 0.1) is 12.2 Å². The third kappa shape index (κ3) is 6.21. The summed E-state index contributed by atoms with van der Waals surface area (Å²) in [6.45, 7) is 19.6. The molecule has 0 bridgehead atoms. The number of rotatable bonds is 10. The number of amides is 1. The third-order valence-corrected chi connectivity index (χ3v) is 10.1. The Labute approximate surface area is 267 Å². The lowest BCUT2D eigenvalue weighted by molar-refractivity contribution is -0.128. The highest BCUT2D eigenvalue weighted by Gasteiger charge is 2.35. The molecule has 2 fully saturated rings. The SMILES string of the molecule is [C-]#[N+]C[C@H]1CN(c2nc(OC[C@@H](CC)N(C)C3CCC3)nc3c2CCN(c2cccc4cccc(C)c24)C3)CCN1C(=O)C=C. The van der Waals surface area contributed by atoms with Gasteiger partial charge in [-0.1, -0.05) is 50.3 Å². The van der Waals surface area contributed by atoms with Crippen LogP contribution in [0.2, 0.25) is 0 Å². The summed E-state index contributed by atoms with van der Waals surface area (Å²) in [7, 11) is 2.21. The lowest BCUT2D eigenvalue weighted by Gasteiger charge is -2.41. The van der Waals surface area contributed by atoms with Crippen molar-refractivity contribution in [1.82, 2.24) is 19.8 Å². The van der Waals surface area contributed by atoms with E-state index in [9.17, 15) is 4.79 Å². The van der Waals surface area contributed by atoms with Crippen molar-refractivity contribution in [3.63, 3.8) is 0 Å². The fraction of sp³-hybridized carbons (Fsp3) is 0.500. The number of carbonyl (C=O) groups is 1. The Morgan fingerprint density at radius 3 is 2.69 bits per heavy atom. The third-order valence-electron chi connectivity index (χ3n) is 10.1. The van der Waals surface area contributed by atoms with Gasteiger partial charge in [0.15, 0.2) is 0 Å². The van der Waals surface area contributed by atoms with E-state index in [1.54, 1.807) is 4.90 Å². The van der Waals surface area contributed by atoms with Gasteiger partial charge in [0.2, 0.25) is 12.5 Å². The molecule has 236 valence electrons. The molecule has 45 heavy (non-hydrogen) atoms. The number of piperazine rings is 1. The summed E-state index contributed by atoms with van der Waals surface area (Å²) >= 11 is 0. The average molecular weight is 608 g/mol. The summed E-state index contributed by atoms with van der Waals surface area (Å²) in [5, 5.41) is 2.52. The maximum atomic E-state index is 12.6. The Morgan fingerprint density at radius 2 is 1.98 bits per heavy atom. The average Bonchev–Trinajstić information content (AvgIpc) is 3.03. The summed E-state index contributed by atoms with van der Waals surface area (Å²) in [5.41, 5.74) is 4.61. The molecule has 3 heterocycles. The number of ether oxygens (including phenoxy) is 1. The number of nitrogens with zero attached hydrogens (tertiary/aromatic N) is 7. The van der Waals surface area contributed by atoms with Crippen molar-refractivity contribution >= 4 is 28.2 Å². The van der Waals surface area contributed by atoms with Crippen molar-refractivity contribution in [2.75, 3.05) is 56.2 Å². The normalized spacial score (nSPS) is 19.2. The summed E-state index contributed by atoms with van der Waals surface area (Å²) in [5.74, 6) is 0.754. The molecule has 1 saturated heterocycles. The fourth-order valence-electron chi connectivity index (χ4n) is 7.19. The van der Waals surface area contributed by atoms with Crippen molar-refractivity contribution in [3.05, 3.63) is 77.3 Å². The van der Waals surface area contributed by atoms with Crippen LogP contribution in [0.15, 0.2) is 49.1 Å². The number of carbonyl (C=O) groups excluding carboxylic acids is 1. The molecule has 6 rings (SSSR count). The summed E-state index contributed by atoms with van der Waals surface area (Å²) < 4.78 is 6.44. The zero-order valence-corrected chi connectivity index (χ0v) is 26.9. The maximum Gasteiger partial charge on any atom is 0.318 e. The van der Waals surface area contributed by atoms with Gasteiger partial charge in [-0.15, -0.1) is 0 Å². The molecule has 3 aliphatic rings. The molecule has 0 radical (unpaired) electrons. The maximum absolute atomic E-state index is 12.6. The molecule has 9 nitrogen and oxygen atoms in total. The smallest absolute Gasteiger partial charge is 0.318 e. The number of aromatic nitrogens is 2. The molecule has 1 saturated carbocycles. The summed E-state index contributed by atoms with van der Waals surface area (Å²) in [4.78, 5) is 35.3. The van der Waals surface area contributed by atoms with Gasteiger partial charge < -0.3 is 24.3 Å². The number of benzene rings is 2. The van der Waals surface area contributed by atoms with Gasteiger partial charge in [0, 0.05) is 54.9 Å². The topological polar surface area (TPSA) is 69.4 Å². The van der Waals surface area contributed by atoms with Crippen LogP contribution >= 0.6 is 0 Å². The Bertz CT molecular complexity index is 1590. The number of likely N-dealkylation sites (N-methyl/N-ethyl adjacent to an activating group) is 1. The second kappa shape index (κ2) is 13.5. The summed E-state index contributed by atoms with van der Waals surface area (Å²) in [6.07, 6.45) is 6.95. The van der Waals surface area contributed by atoms with Gasteiger partial charge in [-0.25, -0.2) is 6.57 Å². The lowest BCUT2D eigenvalue weighted by Crippen LogP contribution is -2.56. The Morgan fingerprint density at radius 1 is 1.18 bits per heavy atom. The molecule has 0 unspecified atom stereocenters. The molecule has 0 spiro atoms. The number of hydrogen-bond donors (Lipinski definition) is 0. The summed E-state index contributed by atoms with van der Waals surface area (Å²) in [6, 6.07) is 14.1. The number of fused-ring (bicyclic) bond motifs is 2. The van der Waals surface area contributed by atoms with Crippen molar-refractivity contribution < 1.29 is 9.53 Å². The first-order valence-corrected chi connectivity index (χ1v) is 16.4. The predicted molar refractivity (Wildman–Crippen MR) is 180 cm³/mol. The zero-order chi connectivity index (χ0) is 31.5. The molecule has 2 aromatic carbocycles. The zero-order valence-electron chi connectivity index (χ0n) is 26.9. The minimum Gasteiger partial charge on any atom is -0.462 e. The second-order valence-electron chi connectivity index (χ2n) is 12.7. The van der Waals surface area contributed by atoms with E-state index >= 15 is 0 Å². The highest BCUT2D eigenvalue weighted by Crippen LogP contribution is 2.36. The first kappa shape index (κ1) is 30.8. The Hall–Kier alpha value is -4.16. The number of aryl methyl sites for hydroxylation is 1. The molecule has 9 heteroatoms. The lowest BCUT2D eigenvalue weighted by atomic mass is 9.90. The highest BCUT2D eigenvalue weighted by atomic mass is 16.5. The van der Waals surface area contributed by atoms with Crippen molar-refractivity contribution in [2.24, 2.45) is 0 Å². The minimum atomic E-state index is -0.226. The van der Waals surface area contributed by atoms with E-state index in [-0.39, 0.29) is 18.5 Å². The van der Waals surface area contributed by atoms with Gasteiger partial charge in [0.25, 0.3) is 0 Å². The van der Waals surface area contributed by atoms with E-state index < -0.39 is 0 Å². The highest BCUT2D eigenvalue weighted by molar-refractivity contribution is 5.97. The molecule has 1 aromatic heterocycles. The molecule has 2 aliphatic heterocycles. The van der Waals surface area contributed by atoms with E-state index in [4.69, 9.17) is 21.3 Å². The molecule has 0 N–H and O–H groups in total. The molecular formula is C36H45N7O2. The van der Waals surface area contributed by atoms with Crippen molar-refractivity contribution in [1.29, 1.82) is 0 Å². The van der Waals surface area contributed by atoms with Gasteiger partial charge in [-0.05, 0) is 62.7 Å². The quantitative estimate of drug-likeness (QED) is 0.230. The van der Waals surface area contributed by atoms with Gasteiger partial charge in [-0.3, -0.25) is 9.69 Å². The fourth-order valence-corrected chi connectivity index (χ4v) is 7.19. The first-order valence-electron chi connectivity index (χ1n) is 16.4. The van der Waals surface area contributed by atoms with E-state index in [1.807, 2.05) is 0 Å². The molecule has 2 atom stereocenters. The van der Waals surface area contributed by atoms with Crippen LogP contribution in [0.3, 0.4) is 0 Å². The van der Waals surface area contributed by atoms with Crippen LogP contribution in [0.25, 0.3) is 15.6 Å². The van der Waals surface area contributed by atoms with Crippen LogP contribution in [0, 0.1) is 13.5 Å². The monoisotopic (exact) mass is 607 g/mol. The van der Waals surface area contributed by atoms with Crippen LogP contribution in [0.4, 0.5) is 11.5 Å². The van der Waals surface area contributed by atoms with Crippen molar-refractivity contribution in [2.45, 2.75) is 70.6 Å². The molecule has 1 amide bonds. The van der Waals surface area contributed by atoms with Crippen molar-refractivity contribution in [3.8, 4) is 6.01 Å². The Kier molecular flexibility index (Phi) is 9.22. The van der Waals surface area contributed by atoms with Crippen LogP contribution in [-0.2, 0) is 17.8 Å². The van der Waals surface area contributed by atoms with Gasteiger partial charge in [0.1, 0.15) is 18.5 Å². The predicted octanol–water partition coefficient (Wildman–Crippen LogP) is 5.27. The van der Waals surface area contributed by atoms with Crippen LogP contribution in [-0.4, -0.2) is 90.2 Å². The van der Waals surface area contributed by atoms with Crippen LogP contribution in [0.1, 0.15) is 49.4 Å². The van der Waals surface area contributed by atoms with Gasteiger partial charge >= 0.3 is 6.01 Å². The van der Waals surface area contributed by atoms with E-state index in [0.29, 0.717) is 50.9 Å². The largest absolute Gasteiger partial charge is 0.462 e. The molecule has 3 aromatic rings. The van der Waals surface area contributed by atoms with Gasteiger partial charge in [-0.2, -0.15) is 9.97 Å². The van der Waals surface area contributed by atoms with E-state index in [2.05, 4.69) is 83.4 Å². The number of anilines is 2. The van der Waals surface area contributed by atoms with E-state index in [1.165, 1.54) is 47.4 Å².